The molecule has 1 unspecified atom stereocenters. The highest BCUT2D eigenvalue weighted by Crippen LogP contribution is 2.08. The van der Waals surface area contributed by atoms with Crippen molar-refractivity contribution in [3.63, 3.8) is 0 Å². The molecule has 21 heavy (non-hydrogen) atoms. The van der Waals surface area contributed by atoms with Gasteiger partial charge in [-0.15, -0.1) is 0 Å². The van der Waals surface area contributed by atoms with Crippen molar-refractivity contribution in [1.82, 2.24) is 5.32 Å². The first-order chi connectivity index (χ1) is 10.2. The summed E-state index contributed by atoms with van der Waals surface area (Å²) < 4.78 is 12.9. The Morgan fingerprint density at radius 1 is 0.952 bits per heavy atom. The first-order valence-electron chi connectivity index (χ1n) is 7.32. The van der Waals surface area contributed by atoms with E-state index >= 15 is 0 Å². The van der Waals surface area contributed by atoms with Crippen LogP contribution in [0.25, 0.3) is 0 Å². The zero-order valence-corrected chi connectivity index (χ0v) is 12.3. The average molecular weight is 287 g/mol. The van der Waals surface area contributed by atoms with Crippen molar-refractivity contribution < 1.29 is 9.50 Å². The van der Waals surface area contributed by atoms with Gasteiger partial charge in [0.15, 0.2) is 0 Å². The molecule has 112 valence electrons. The van der Waals surface area contributed by atoms with Gasteiger partial charge in [-0.2, -0.15) is 0 Å². The summed E-state index contributed by atoms with van der Waals surface area (Å²) in [4.78, 5) is 0. The lowest BCUT2D eigenvalue weighted by molar-refractivity contribution is 0.232. The highest BCUT2D eigenvalue weighted by molar-refractivity contribution is 5.18. The number of aliphatic hydroxyl groups is 1. The van der Waals surface area contributed by atoms with Crippen LogP contribution in [0, 0.1) is 5.82 Å². The number of halogens is 1. The van der Waals surface area contributed by atoms with E-state index in [9.17, 15) is 9.50 Å². The van der Waals surface area contributed by atoms with Crippen molar-refractivity contribution >= 4 is 0 Å². The molecule has 0 aliphatic rings. The molecule has 2 rings (SSSR count). The van der Waals surface area contributed by atoms with Gasteiger partial charge in [-0.05, 0) is 43.0 Å². The van der Waals surface area contributed by atoms with E-state index in [1.807, 2.05) is 18.2 Å². The molecule has 2 atom stereocenters. The van der Waals surface area contributed by atoms with Crippen LogP contribution in [0.2, 0.25) is 0 Å². The van der Waals surface area contributed by atoms with Gasteiger partial charge in [0, 0.05) is 12.1 Å². The Kier molecular flexibility index (Phi) is 5.90. The van der Waals surface area contributed by atoms with Crippen LogP contribution in [0.4, 0.5) is 4.39 Å². The van der Waals surface area contributed by atoms with Crippen LogP contribution in [-0.4, -0.2) is 23.8 Å². The van der Waals surface area contributed by atoms with Gasteiger partial charge < -0.3 is 10.4 Å². The van der Waals surface area contributed by atoms with E-state index in [2.05, 4.69) is 24.4 Å². The molecule has 0 spiro atoms. The van der Waals surface area contributed by atoms with Gasteiger partial charge >= 0.3 is 0 Å². The summed E-state index contributed by atoms with van der Waals surface area (Å²) >= 11 is 0. The first-order valence-corrected chi connectivity index (χ1v) is 7.32. The van der Waals surface area contributed by atoms with Crippen LogP contribution >= 0.6 is 0 Å². The minimum atomic E-state index is -0.211. The van der Waals surface area contributed by atoms with Gasteiger partial charge in [0.25, 0.3) is 0 Å². The predicted molar refractivity (Wildman–Crippen MR) is 83.7 cm³/mol. The molecular weight excluding hydrogens is 265 g/mol. The Hall–Kier alpha value is -1.71. The molecule has 0 bridgehead atoms. The molecular formula is C18H22FNO. The normalized spacial score (nSPS) is 13.9. The Labute approximate surface area is 125 Å². The number of hydrogen-bond acceptors (Lipinski definition) is 2. The molecule has 2 N–H and O–H groups in total. The van der Waals surface area contributed by atoms with Crippen LogP contribution in [-0.2, 0) is 12.8 Å². The van der Waals surface area contributed by atoms with Crippen LogP contribution in [0.3, 0.4) is 0 Å². The number of hydrogen-bond donors (Lipinski definition) is 2. The molecule has 0 aromatic heterocycles. The van der Waals surface area contributed by atoms with E-state index in [1.165, 1.54) is 17.7 Å². The fourth-order valence-corrected chi connectivity index (χ4v) is 2.51. The summed E-state index contributed by atoms with van der Waals surface area (Å²) in [6.07, 6.45) is 1.61. The summed E-state index contributed by atoms with van der Waals surface area (Å²) in [5.41, 5.74) is 2.30. The Morgan fingerprint density at radius 2 is 1.57 bits per heavy atom. The number of benzene rings is 2. The molecule has 0 aliphatic heterocycles. The quantitative estimate of drug-likeness (QED) is 0.820. The molecule has 2 nitrogen and oxygen atoms in total. The van der Waals surface area contributed by atoms with Gasteiger partial charge in [0.2, 0.25) is 0 Å². The molecule has 2 aromatic rings. The highest BCUT2D eigenvalue weighted by Gasteiger charge is 2.12. The predicted octanol–water partition coefficient (Wildman–Crippen LogP) is 2.95. The summed E-state index contributed by atoms with van der Waals surface area (Å²) in [6.45, 7) is 2.18. The van der Waals surface area contributed by atoms with Gasteiger partial charge in [-0.25, -0.2) is 4.39 Å². The summed E-state index contributed by atoms with van der Waals surface area (Å²) in [6, 6.07) is 16.9. The van der Waals surface area contributed by atoms with E-state index in [1.54, 1.807) is 12.1 Å². The largest absolute Gasteiger partial charge is 0.395 e. The molecule has 3 heteroatoms. The monoisotopic (exact) mass is 287 g/mol. The molecule has 0 heterocycles. The van der Waals surface area contributed by atoms with Crippen molar-refractivity contribution in [1.29, 1.82) is 0 Å². The van der Waals surface area contributed by atoms with E-state index in [4.69, 9.17) is 0 Å². The number of aliphatic hydroxyl groups excluding tert-OH is 1. The molecule has 0 amide bonds. The molecule has 2 aromatic carbocycles. The Balaban J connectivity index is 1.87. The standard InChI is InChI=1S/C18H22FNO/c1-14(11-16-7-9-17(19)10-8-16)20-18(13-21)12-15-5-3-2-4-6-15/h2-10,14,18,20-21H,11-13H2,1H3/t14?,18-/m0/s1. The van der Waals surface area contributed by atoms with Crippen molar-refractivity contribution in [2.45, 2.75) is 31.8 Å². The van der Waals surface area contributed by atoms with Crippen molar-refractivity contribution in [3.8, 4) is 0 Å². The second-order valence-electron chi connectivity index (χ2n) is 5.47. The van der Waals surface area contributed by atoms with E-state index in [-0.39, 0.29) is 24.5 Å². The fourth-order valence-electron chi connectivity index (χ4n) is 2.51. The van der Waals surface area contributed by atoms with Crippen LogP contribution in [0.5, 0.6) is 0 Å². The summed E-state index contributed by atoms with van der Waals surface area (Å²) in [5.74, 6) is -0.211. The Morgan fingerprint density at radius 3 is 2.19 bits per heavy atom. The van der Waals surface area contributed by atoms with E-state index in [0.29, 0.717) is 0 Å². The second kappa shape index (κ2) is 7.91. The van der Waals surface area contributed by atoms with Crippen LogP contribution in [0.1, 0.15) is 18.1 Å². The van der Waals surface area contributed by atoms with Crippen LogP contribution in [0.15, 0.2) is 54.6 Å². The summed E-state index contributed by atoms with van der Waals surface area (Å²) in [5, 5.41) is 13.0. The molecule has 0 aliphatic carbocycles. The van der Waals surface area contributed by atoms with Crippen molar-refractivity contribution in [3.05, 3.63) is 71.5 Å². The first kappa shape index (κ1) is 15.7. The van der Waals surface area contributed by atoms with Crippen molar-refractivity contribution in [2.75, 3.05) is 6.61 Å². The lowest BCUT2D eigenvalue weighted by atomic mass is 10.0. The maximum absolute atomic E-state index is 12.9. The minimum absolute atomic E-state index is 0.0304. The van der Waals surface area contributed by atoms with Gasteiger partial charge in [-0.3, -0.25) is 0 Å². The number of rotatable bonds is 7. The SMILES string of the molecule is CC(Cc1ccc(F)cc1)N[C@H](CO)Cc1ccccc1. The van der Waals surface area contributed by atoms with E-state index < -0.39 is 0 Å². The zero-order chi connectivity index (χ0) is 15.1. The average Bonchev–Trinajstić information content (AvgIpc) is 2.50. The second-order valence-corrected chi connectivity index (χ2v) is 5.47. The van der Waals surface area contributed by atoms with Gasteiger partial charge in [0.05, 0.1) is 6.61 Å². The lowest BCUT2D eigenvalue weighted by Gasteiger charge is -2.22. The van der Waals surface area contributed by atoms with Gasteiger partial charge in [0.1, 0.15) is 5.82 Å². The molecule has 0 radical (unpaired) electrons. The third-order valence-electron chi connectivity index (χ3n) is 3.52. The maximum Gasteiger partial charge on any atom is 0.123 e. The smallest absolute Gasteiger partial charge is 0.123 e. The van der Waals surface area contributed by atoms with Gasteiger partial charge in [-0.1, -0.05) is 42.5 Å². The minimum Gasteiger partial charge on any atom is -0.395 e. The third kappa shape index (κ3) is 5.29. The van der Waals surface area contributed by atoms with Crippen molar-refractivity contribution in [2.24, 2.45) is 0 Å². The molecule has 0 fully saturated rings. The highest BCUT2D eigenvalue weighted by atomic mass is 19.1. The topological polar surface area (TPSA) is 32.3 Å². The van der Waals surface area contributed by atoms with Crippen LogP contribution < -0.4 is 5.32 Å². The lowest BCUT2D eigenvalue weighted by Crippen LogP contribution is -2.41. The van der Waals surface area contributed by atoms with E-state index in [0.717, 1.165) is 18.4 Å². The molecule has 0 saturated heterocycles. The molecule has 0 saturated carbocycles. The zero-order valence-electron chi connectivity index (χ0n) is 12.3. The maximum atomic E-state index is 12.9. The third-order valence-corrected chi connectivity index (χ3v) is 3.52. The Bertz CT molecular complexity index is 527. The summed E-state index contributed by atoms with van der Waals surface area (Å²) in [7, 11) is 0. The number of nitrogens with one attached hydrogen (secondary N) is 1. The fraction of sp³-hybridized carbons (Fsp3) is 0.333.